The minimum atomic E-state index is -0.165. The summed E-state index contributed by atoms with van der Waals surface area (Å²) in [6, 6.07) is 9.50. The van der Waals surface area contributed by atoms with Gasteiger partial charge in [-0.1, -0.05) is 29.8 Å². The normalized spacial score (nSPS) is 13.6. The lowest BCUT2D eigenvalue weighted by Crippen LogP contribution is -2.26. The molecular weight excluding hydrogens is 352 g/mol. The molecule has 0 atom stereocenters. The van der Waals surface area contributed by atoms with E-state index in [0.717, 1.165) is 30.6 Å². The highest BCUT2D eigenvalue weighted by Gasteiger charge is 2.11. The highest BCUT2D eigenvalue weighted by Crippen LogP contribution is 2.20. The van der Waals surface area contributed by atoms with E-state index in [1.807, 2.05) is 24.3 Å². The Balaban J connectivity index is 1.58. The molecule has 6 nitrogen and oxygen atoms in total. The monoisotopic (exact) mass is 380 g/mol. The lowest BCUT2D eigenvalue weighted by molar-refractivity contribution is 0.0948. The fourth-order valence-corrected chi connectivity index (χ4v) is 3.37. The molecule has 1 aliphatic rings. The Bertz CT molecular complexity index is 848. The summed E-state index contributed by atoms with van der Waals surface area (Å²) < 4.78 is 5.37. The number of nitrogens with one attached hydrogen (secondary N) is 2. The number of methoxy groups -OCH3 is 1. The van der Waals surface area contributed by atoms with Crippen LogP contribution < -0.4 is 15.4 Å². The number of rotatable bonds is 8. The molecule has 0 unspecified atom stereocenters. The molecule has 1 amide bonds. The minimum absolute atomic E-state index is 0.165. The molecule has 6 heteroatoms. The summed E-state index contributed by atoms with van der Waals surface area (Å²) in [5, 5.41) is 6.23. The van der Waals surface area contributed by atoms with Gasteiger partial charge in [0.25, 0.3) is 5.91 Å². The first-order chi connectivity index (χ1) is 13.7. The Hall–Kier alpha value is -2.89. The Labute approximate surface area is 166 Å². The summed E-state index contributed by atoms with van der Waals surface area (Å²) in [7, 11) is 1.65. The predicted molar refractivity (Wildman–Crippen MR) is 111 cm³/mol. The smallest absolute Gasteiger partial charge is 0.270 e. The predicted octanol–water partition coefficient (Wildman–Crippen LogP) is 4.03. The number of ether oxygens (including phenoxy) is 1. The summed E-state index contributed by atoms with van der Waals surface area (Å²) in [4.78, 5) is 21.2. The molecule has 3 rings (SSSR count). The highest BCUT2D eigenvalue weighted by atomic mass is 16.5. The summed E-state index contributed by atoms with van der Waals surface area (Å²) in [5.74, 6) is 1.83. The number of amides is 1. The van der Waals surface area contributed by atoms with Gasteiger partial charge in [0, 0.05) is 24.7 Å². The fraction of sp³-hybridized carbons (Fsp3) is 0.409. The molecular formula is C22H28N4O2. The molecule has 1 aliphatic carbocycles. The van der Waals surface area contributed by atoms with Crippen LogP contribution in [0.5, 0.6) is 5.75 Å². The number of carbonyl (C=O) groups excluding carboxylic acids is 1. The topological polar surface area (TPSA) is 76.1 Å². The van der Waals surface area contributed by atoms with Crippen molar-refractivity contribution >= 4 is 11.7 Å². The molecule has 0 aliphatic heterocycles. The zero-order chi connectivity index (χ0) is 19.8. The van der Waals surface area contributed by atoms with Crippen LogP contribution in [0.1, 0.15) is 54.0 Å². The number of hydrogen-bond donors (Lipinski definition) is 2. The van der Waals surface area contributed by atoms with Crippen LogP contribution in [-0.4, -0.2) is 29.5 Å². The van der Waals surface area contributed by atoms with Crippen LogP contribution in [-0.2, 0) is 6.54 Å². The minimum Gasteiger partial charge on any atom is -0.496 e. The second-order valence-electron chi connectivity index (χ2n) is 6.97. The second-order valence-corrected chi connectivity index (χ2v) is 6.97. The van der Waals surface area contributed by atoms with Crippen molar-refractivity contribution in [3.63, 3.8) is 0 Å². The van der Waals surface area contributed by atoms with Gasteiger partial charge in [-0.2, -0.15) is 0 Å². The van der Waals surface area contributed by atoms with E-state index in [1.165, 1.54) is 18.4 Å². The zero-order valence-corrected chi connectivity index (χ0v) is 16.6. The van der Waals surface area contributed by atoms with Gasteiger partial charge in [-0.15, -0.1) is 0 Å². The Kier molecular flexibility index (Phi) is 7.00. The number of carbonyl (C=O) groups is 1. The average Bonchev–Trinajstić information content (AvgIpc) is 2.72. The van der Waals surface area contributed by atoms with Crippen molar-refractivity contribution in [3.05, 3.63) is 59.1 Å². The second kappa shape index (κ2) is 9.88. The van der Waals surface area contributed by atoms with Crippen LogP contribution in [0.25, 0.3) is 0 Å². The van der Waals surface area contributed by atoms with Crippen LogP contribution in [0, 0.1) is 6.92 Å². The molecule has 2 aromatic rings. The maximum Gasteiger partial charge on any atom is 0.270 e. The highest BCUT2D eigenvalue weighted by molar-refractivity contribution is 5.92. The summed E-state index contributed by atoms with van der Waals surface area (Å²) in [5.41, 5.74) is 2.85. The van der Waals surface area contributed by atoms with E-state index >= 15 is 0 Å². The van der Waals surface area contributed by atoms with Crippen molar-refractivity contribution in [1.29, 1.82) is 0 Å². The number of anilines is 1. The van der Waals surface area contributed by atoms with Crippen LogP contribution in [0.3, 0.4) is 0 Å². The van der Waals surface area contributed by atoms with Crippen molar-refractivity contribution in [2.75, 3.05) is 19.0 Å². The van der Waals surface area contributed by atoms with E-state index in [4.69, 9.17) is 4.74 Å². The molecule has 0 saturated heterocycles. The number of nitrogens with zero attached hydrogens (tertiary/aromatic N) is 2. The lowest BCUT2D eigenvalue weighted by atomic mass is 9.97. The Morgan fingerprint density at radius 3 is 2.86 bits per heavy atom. The number of aromatic nitrogens is 2. The van der Waals surface area contributed by atoms with E-state index in [9.17, 15) is 4.79 Å². The third kappa shape index (κ3) is 5.55. The van der Waals surface area contributed by atoms with Gasteiger partial charge in [0.2, 0.25) is 0 Å². The van der Waals surface area contributed by atoms with Crippen molar-refractivity contribution < 1.29 is 9.53 Å². The van der Waals surface area contributed by atoms with Crippen molar-refractivity contribution in [1.82, 2.24) is 15.3 Å². The van der Waals surface area contributed by atoms with Crippen molar-refractivity contribution in [2.24, 2.45) is 0 Å². The summed E-state index contributed by atoms with van der Waals surface area (Å²) in [6.07, 6.45) is 8.07. The van der Waals surface area contributed by atoms with Gasteiger partial charge < -0.3 is 15.4 Å². The van der Waals surface area contributed by atoms with Gasteiger partial charge >= 0.3 is 0 Å². The standard InChI is InChI=1S/C22H28N4O2/c1-16-25-19(22(27)23-13-12-17-8-4-3-5-9-17)14-21(26-16)24-15-18-10-6-7-11-20(18)28-2/h6-8,10-11,14H,3-5,9,12-13,15H2,1-2H3,(H,23,27)(H,24,25,26). The number of para-hydroxylation sites is 1. The summed E-state index contributed by atoms with van der Waals surface area (Å²) in [6.45, 7) is 2.98. The quantitative estimate of drug-likeness (QED) is 0.676. The number of allylic oxidation sites excluding steroid dienone is 1. The van der Waals surface area contributed by atoms with Gasteiger partial charge in [0.15, 0.2) is 0 Å². The van der Waals surface area contributed by atoms with Gasteiger partial charge in [-0.3, -0.25) is 4.79 Å². The molecule has 0 fully saturated rings. The molecule has 0 bridgehead atoms. The molecule has 0 saturated carbocycles. The van der Waals surface area contributed by atoms with E-state index in [0.29, 0.717) is 30.4 Å². The largest absolute Gasteiger partial charge is 0.496 e. The van der Waals surface area contributed by atoms with Gasteiger partial charge in [0.05, 0.1) is 7.11 Å². The molecule has 28 heavy (non-hydrogen) atoms. The van der Waals surface area contributed by atoms with Crippen molar-refractivity contribution in [3.8, 4) is 5.75 Å². The maximum atomic E-state index is 12.5. The molecule has 148 valence electrons. The number of benzene rings is 1. The third-order valence-corrected chi connectivity index (χ3v) is 4.84. The first-order valence-electron chi connectivity index (χ1n) is 9.83. The zero-order valence-electron chi connectivity index (χ0n) is 16.6. The average molecular weight is 380 g/mol. The molecule has 1 aromatic carbocycles. The Morgan fingerprint density at radius 2 is 2.07 bits per heavy atom. The first-order valence-corrected chi connectivity index (χ1v) is 9.83. The van der Waals surface area contributed by atoms with E-state index in [-0.39, 0.29) is 5.91 Å². The fourth-order valence-electron chi connectivity index (χ4n) is 3.37. The van der Waals surface area contributed by atoms with E-state index in [1.54, 1.807) is 20.1 Å². The molecule has 1 aromatic heterocycles. The Morgan fingerprint density at radius 1 is 1.21 bits per heavy atom. The van der Waals surface area contributed by atoms with Crippen LogP contribution in [0.15, 0.2) is 42.0 Å². The number of hydrogen-bond acceptors (Lipinski definition) is 5. The van der Waals surface area contributed by atoms with E-state index in [2.05, 4.69) is 26.7 Å². The molecule has 2 N–H and O–H groups in total. The van der Waals surface area contributed by atoms with E-state index < -0.39 is 0 Å². The molecule has 0 spiro atoms. The SMILES string of the molecule is COc1ccccc1CNc1cc(C(=O)NCCC2=CCCCC2)nc(C)n1. The third-order valence-electron chi connectivity index (χ3n) is 4.84. The first kappa shape index (κ1) is 19.9. The van der Waals surface area contributed by atoms with Crippen LogP contribution in [0.2, 0.25) is 0 Å². The molecule has 1 heterocycles. The maximum absolute atomic E-state index is 12.5. The van der Waals surface area contributed by atoms with Crippen LogP contribution in [0.4, 0.5) is 5.82 Å². The van der Waals surface area contributed by atoms with Gasteiger partial charge in [-0.05, 0) is 45.1 Å². The van der Waals surface area contributed by atoms with Gasteiger partial charge in [0.1, 0.15) is 23.1 Å². The van der Waals surface area contributed by atoms with Gasteiger partial charge in [-0.25, -0.2) is 9.97 Å². The molecule has 0 radical (unpaired) electrons. The lowest BCUT2D eigenvalue weighted by Gasteiger charge is -2.13. The number of aryl methyl sites for hydroxylation is 1. The van der Waals surface area contributed by atoms with Crippen molar-refractivity contribution in [2.45, 2.75) is 45.6 Å². The summed E-state index contributed by atoms with van der Waals surface area (Å²) >= 11 is 0. The van der Waals surface area contributed by atoms with Crippen LogP contribution >= 0.6 is 0 Å².